The van der Waals surface area contributed by atoms with E-state index in [1.54, 1.807) is 0 Å². The fourth-order valence-electron chi connectivity index (χ4n) is 2.42. The van der Waals surface area contributed by atoms with Gasteiger partial charge >= 0.3 is 0 Å². The Morgan fingerprint density at radius 1 is 1.19 bits per heavy atom. The molecule has 0 fully saturated rings. The number of fused-ring (bicyclic) bond motifs is 1. The summed E-state index contributed by atoms with van der Waals surface area (Å²) in [5.41, 5.74) is 2.81. The van der Waals surface area contributed by atoms with Crippen LogP contribution in [0, 0.1) is 6.92 Å². The number of aromatic nitrogens is 1. The van der Waals surface area contributed by atoms with Crippen molar-refractivity contribution >= 4 is 34.1 Å². The van der Waals surface area contributed by atoms with Crippen LogP contribution in [0.15, 0.2) is 54.7 Å². The van der Waals surface area contributed by atoms with Crippen molar-refractivity contribution in [3.8, 4) is 0 Å². The molecule has 2 aromatic carbocycles. The molecule has 0 saturated carbocycles. The standard InChI is InChI=1S/C17H15ClN2O/c1-12-4-2-6-14(10-12)19-16(21)11-20-9-8-13-5-3-7-15(18)17(13)20/h2-10H,11H2,1H3,(H,19,21). The number of hydrogen-bond acceptors (Lipinski definition) is 1. The molecule has 0 unspecified atom stereocenters. The molecule has 0 aliphatic carbocycles. The van der Waals surface area contributed by atoms with Crippen molar-refractivity contribution < 1.29 is 4.79 Å². The number of rotatable bonds is 3. The molecule has 4 heteroatoms. The highest BCUT2D eigenvalue weighted by atomic mass is 35.5. The zero-order valence-electron chi connectivity index (χ0n) is 11.6. The molecule has 1 amide bonds. The largest absolute Gasteiger partial charge is 0.337 e. The predicted molar refractivity (Wildman–Crippen MR) is 86.8 cm³/mol. The third-order valence-electron chi connectivity index (χ3n) is 3.36. The van der Waals surface area contributed by atoms with E-state index in [9.17, 15) is 4.79 Å². The van der Waals surface area contributed by atoms with Crippen LogP contribution in [0.3, 0.4) is 0 Å². The number of benzene rings is 2. The first-order chi connectivity index (χ1) is 10.1. The van der Waals surface area contributed by atoms with E-state index in [0.29, 0.717) is 5.02 Å². The van der Waals surface area contributed by atoms with Crippen molar-refractivity contribution in [3.05, 3.63) is 65.3 Å². The number of hydrogen-bond donors (Lipinski definition) is 1. The van der Waals surface area contributed by atoms with Gasteiger partial charge in [0, 0.05) is 17.3 Å². The molecule has 21 heavy (non-hydrogen) atoms. The number of nitrogens with one attached hydrogen (secondary N) is 1. The average molecular weight is 299 g/mol. The molecule has 106 valence electrons. The molecular weight excluding hydrogens is 284 g/mol. The first-order valence-corrected chi connectivity index (χ1v) is 7.11. The number of aryl methyl sites for hydroxylation is 1. The van der Waals surface area contributed by atoms with E-state index < -0.39 is 0 Å². The number of para-hydroxylation sites is 1. The third kappa shape index (κ3) is 2.93. The van der Waals surface area contributed by atoms with E-state index in [-0.39, 0.29) is 12.5 Å². The van der Waals surface area contributed by atoms with Crippen LogP contribution in [0.4, 0.5) is 5.69 Å². The Kier molecular flexibility index (Phi) is 3.67. The van der Waals surface area contributed by atoms with Crippen molar-refractivity contribution in [2.75, 3.05) is 5.32 Å². The molecule has 3 aromatic rings. The second kappa shape index (κ2) is 5.62. The average Bonchev–Trinajstić information content (AvgIpc) is 2.83. The van der Waals surface area contributed by atoms with Crippen LogP contribution < -0.4 is 5.32 Å². The van der Waals surface area contributed by atoms with Gasteiger partial charge in [0.25, 0.3) is 0 Å². The molecule has 1 heterocycles. The van der Waals surface area contributed by atoms with Gasteiger partial charge in [-0.3, -0.25) is 4.79 Å². The molecule has 0 aliphatic rings. The fraction of sp³-hybridized carbons (Fsp3) is 0.118. The zero-order valence-corrected chi connectivity index (χ0v) is 12.4. The second-order valence-corrected chi connectivity index (χ2v) is 5.45. The Hall–Kier alpha value is -2.26. The van der Waals surface area contributed by atoms with E-state index in [1.165, 1.54) is 0 Å². The van der Waals surface area contributed by atoms with E-state index >= 15 is 0 Å². The number of anilines is 1. The van der Waals surface area contributed by atoms with Crippen LogP contribution in [-0.4, -0.2) is 10.5 Å². The second-order valence-electron chi connectivity index (χ2n) is 5.04. The molecule has 3 nitrogen and oxygen atoms in total. The highest BCUT2D eigenvalue weighted by molar-refractivity contribution is 6.35. The van der Waals surface area contributed by atoms with Gasteiger partial charge in [-0.2, -0.15) is 0 Å². The Morgan fingerprint density at radius 2 is 2.00 bits per heavy atom. The molecule has 1 aromatic heterocycles. The quantitative estimate of drug-likeness (QED) is 0.771. The molecule has 0 saturated heterocycles. The van der Waals surface area contributed by atoms with Gasteiger partial charge < -0.3 is 9.88 Å². The minimum absolute atomic E-state index is 0.0713. The van der Waals surface area contributed by atoms with Gasteiger partial charge in [0.15, 0.2) is 0 Å². The smallest absolute Gasteiger partial charge is 0.244 e. The lowest BCUT2D eigenvalue weighted by atomic mass is 10.2. The summed E-state index contributed by atoms with van der Waals surface area (Å²) < 4.78 is 1.86. The van der Waals surface area contributed by atoms with Crippen LogP contribution in [0.1, 0.15) is 5.56 Å². The highest BCUT2D eigenvalue weighted by Gasteiger charge is 2.09. The van der Waals surface area contributed by atoms with Gasteiger partial charge in [-0.25, -0.2) is 0 Å². The molecule has 0 aliphatic heterocycles. The van der Waals surface area contributed by atoms with Gasteiger partial charge in [0.2, 0.25) is 5.91 Å². The first-order valence-electron chi connectivity index (χ1n) is 6.73. The number of halogens is 1. The topological polar surface area (TPSA) is 34.0 Å². The molecule has 0 atom stereocenters. The van der Waals surface area contributed by atoms with Crippen LogP contribution in [0.2, 0.25) is 5.02 Å². The fourth-order valence-corrected chi connectivity index (χ4v) is 2.71. The Morgan fingerprint density at radius 3 is 2.81 bits per heavy atom. The predicted octanol–water partition coefficient (Wildman–Crippen LogP) is 4.24. The number of carbonyl (C=O) groups is 1. The summed E-state index contributed by atoms with van der Waals surface area (Å²) >= 11 is 6.22. The minimum Gasteiger partial charge on any atom is -0.337 e. The molecule has 0 spiro atoms. The summed E-state index contributed by atoms with van der Waals surface area (Å²) in [6, 6.07) is 15.4. The van der Waals surface area contributed by atoms with E-state index in [1.807, 2.05) is 66.2 Å². The van der Waals surface area contributed by atoms with E-state index in [0.717, 1.165) is 22.2 Å². The molecule has 1 N–H and O–H groups in total. The molecular formula is C17H15ClN2O. The molecule has 0 bridgehead atoms. The van der Waals surface area contributed by atoms with Crippen LogP contribution >= 0.6 is 11.6 Å². The molecule has 0 radical (unpaired) electrons. The van der Waals surface area contributed by atoms with E-state index in [4.69, 9.17) is 11.6 Å². The van der Waals surface area contributed by atoms with Gasteiger partial charge in [-0.1, -0.05) is 35.9 Å². The maximum Gasteiger partial charge on any atom is 0.244 e. The summed E-state index contributed by atoms with van der Waals surface area (Å²) in [6.45, 7) is 2.23. The lowest BCUT2D eigenvalue weighted by Gasteiger charge is -2.08. The summed E-state index contributed by atoms with van der Waals surface area (Å²) in [7, 11) is 0. The van der Waals surface area contributed by atoms with Crippen LogP contribution in [-0.2, 0) is 11.3 Å². The highest BCUT2D eigenvalue weighted by Crippen LogP contribution is 2.24. The Balaban J connectivity index is 1.81. The first kappa shape index (κ1) is 13.7. The zero-order chi connectivity index (χ0) is 14.8. The lowest BCUT2D eigenvalue weighted by Crippen LogP contribution is -2.18. The van der Waals surface area contributed by atoms with Crippen LogP contribution in [0.25, 0.3) is 10.9 Å². The lowest BCUT2D eigenvalue weighted by molar-refractivity contribution is -0.116. The Labute approximate surface area is 128 Å². The van der Waals surface area contributed by atoms with Gasteiger partial charge in [-0.15, -0.1) is 0 Å². The summed E-state index contributed by atoms with van der Waals surface area (Å²) in [6.07, 6.45) is 1.88. The van der Waals surface area contributed by atoms with Gasteiger partial charge in [-0.05, 0) is 36.8 Å². The van der Waals surface area contributed by atoms with Crippen molar-refractivity contribution in [3.63, 3.8) is 0 Å². The van der Waals surface area contributed by atoms with Crippen molar-refractivity contribution in [1.82, 2.24) is 4.57 Å². The van der Waals surface area contributed by atoms with Gasteiger partial charge in [0.1, 0.15) is 6.54 Å². The minimum atomic E-state index is -0.0713. The summed E-state index contributed by atoms with van der Waals surface area (Å²) in [5.74, 6) is -0.0713. The third-order valence-corrected chi connectivity index (χ3v) is 3.66. The van der Waals surface area contributed by atoms with Gasteiger partial charge in [0.05, 0.1) is 10.5 Å². The monoisotopic (exact) mass is 298 g/mol. The normalized spacial score (nSPS) is 10.8. The number of amides is 1. The summed E-state index contributed by atoms with van der Waals surface area (Å²) in [5, 5.41) is 4.59. The van der Waals surface area contributed by atoms with Crippen LogP contribution in [0.5, 0.6) is 0 Å². The van der Waals surface area contributed by atoms with Crippen molar-refractivity contribution in [1.29, 1.82) is 0 Å². The number of nitrogens with zero attached hydrogens (tertiary/aromatic N) is 1. The maximum absolute atomic E-state index is 12.2. The maximum atomic E-state index is 12.2. The summed E-state index contributed by atoms with van der Waals surface area (Å²) in [4.78, 5) is 12.2. The van der Waals surface area contributed by atoms with E-state index in [2.05, 4.69) is 5.32 Å². The molecule has 3 rings (SSSR count). The number of carbonyl (C=O) groups excluding carboxylic acids is 1. The van der Waals surface area contributed by atoms with Crippen molar-refractivity contribution in [2.24, 2.45) is 0 Å². The Bertz CT molecular complexity index is 807. The van der Waals surface area contributed by atoms with Crippen molar-refractivity contribution in [2.45, 2.75) is 13.5 Å². The SMILES string of the molecule is Cc1cccc(NC(=O)Cn2ccc3cccc(Cl)c32)c1.